The Morgan fingerprint density at radius 2 is 1.94 bits per heavy atom. The van der Waals surface area contributed by atoms with E-state index in [-0.39, 0.29) is 12.0 Å². The van der Waals surface area contributed by atoms with Gasteiger partial charge in [0.05, 0.1) is 11.1 Å². The Morgan fingerprint density at radius 3 is 2.65 bits per heavy atom. The fraction of sp³-hybridized carbons (Fsp3) is 0.417. The van der Waals surface area contributed by atoms with Crippen molar-refractivity contribution in [1.82, 2.24) is 19.9 Å². The minimum atomic E-state index is -0.987. The Hall–Kier alpha value is -3.82. The van der Waals surface area contributed by atoms with E-state index in [1.54, 1.807) is 20.8 Å². The molecule has 1 aliphatic carbocycles. The summed E-state index contributed by atoms with van der Waals surface area (Å²) in [7, 11) is 0. The summed E-state index contributed by atoms with van der Waals surface area (Å²) in [6, 6.07) is 4.08. The molecule has 2 aliphatic rings. The molecule has 1 aromatic carbocycles. The average Bonchev–Trinajstić information content (AvgIpc) is 3.38. The largest absolute Gasteiger partial charge is 0.488 e. The Balaban J connectivity index is 1.56. The maximum absolute atomic E-state index is 12.5. The maximum atomic E-state index is 12.5. The van der Waals surface area contributed by atoms with Crippen molar-refractivity contribution in [2.75, 3.05) is 5.73 Å². The number of anilines is 1. The summed E-state index contributed by atoms with van der Waals surface area (Å²) in [6.45, 7) is 7.10. The number of nitrogens with one attached hydrogen (secondary N) is 1. The van der Waals surface area contributed by atoms with Gasteiger partial charge in [-0.25, -0.2) is 24.9 Å². The molecule has 10 heteroatoms. The molecule has 0 saturated heterocycles. The first-order chi connectivity index (χ1) is 16.1. The van der Waals surface area contributed by atoms with Crippen molar-refractivity contribution in [3.63, 3.8) is 0 Å². The molecule has 0 spiro atoms. The van der Waals surface area contributed by atoms with Crippen molar-refractivity contribution in [2.24, 2.45) is 0 Å². The Bertz CT molecular complexity index is 1310. The van der Waals surface area contributed by atoms with Gasteiger partial charge in [0.1, 0.15) is 29.4 Å². The van der Waals surface area contributed by atoms with Crippen LogP contribution in [0, 0.1) is 0 Å². The molecule has 1 unspecified atom stereocenters. The number of rotatable bonds is 3. The van der Waals surface area contributed by atoms with Crippen LogP contribution in [0.15, 0.2) is 24.7 Å². The summed E-state index contributed by atoms with van der Waals surface area (Å²) < 4.78 is 18.6. The zero-order valence-electron chi connectivity index (χ0n) is 19.5. The molecular weight excluding hydrogens is 438 g/mol. The van der Waals surface area contributed by atoms with Crippen molar-refractivity contribution in [3.8, 4) is 22.8 Å². The number of nitrogens with two attached hydrogens (primary N) is 1. The molecule has 1 atom stereocenters. The smallest absolute Gasteiger partial charge is 0.423 e. The highest BCUT2D eigenvalue weighted by atomic mass is 16.6. The summed E-state index contributed by atoms with van der Waals surface area (Å²) in [5.74, 6) is 0.734. The fourth-order valence-corrected chi connectivity index (χ4v) is 4.24. The van der Waals surface area contributed by atoms with Crippen LogP contribution < -0.4 is 20.5 Å². The lowest BCUT2D eigenvalue weighted by Gasteiger charge is -2.19. The summed E-state index contributed by atoms with van der Waals surface area (Å²) >= 11 is 0. The molecule has 3 N–H and O–H groups in total. The van der Waals surface area contributed by atoms with Gasteiger partial charge in [0, 0.05) is 29.8 Å². The Morgan fingerprint density at radius 1 is 1.18 bits per heavy atom. The van der Waals surface area contributed by atoms with Crippen LogP contribution in [0.3, 0.4) is 0 Å². The molecule has 5 rings (SSSR count). The predicted octanol–water partition coefficient (Wildman–Crippen LogP) is 4.36. The van der Waals surface area contributed by atoms with Crippen molar-refractivity contribution in [2.45, 2.75) is 64.7 Å². The third kappa shape index (κ3) is 4.11. The standard InChI is InChI=1S/C24H27N5O5/c1-12-9-15-14(7-8-17(25)19(15)32-12)16-10-29(13-5-6-13)20-18(16)21(27-11-26-20)33-22(30)28-23(31)34-24(2,3)4/h7-8,10-13H,5-6,9,25H2,1-4H3,(H,28,30,31). The van der Waals surface area contributed by atoms with Gasteiger partial charge in [0.25, 0.3) is 0 Å². The molecule has 178 valence electrons. The quantitative estimate of drug-likeness (QED) is 0.546. The lowest BCUT2D eigenvalue weighted by atomic mass is 9.96. The molecule has 10 nitrogen and oxygen atoms in total. The highest BCUT2D eigenvalue weighted by molar-refractivity contribution is 6.01. The van der Waals surface area contributed by atoms with E-state index in [4.69, 9.17) is 19.9 Å². The number of amides is 2. The van der Waals surface area contributed by atoms with E-state index in [0.717, 1.165) is 29.5 Å². The second-order valence-electron chi connectivity index (χ2n) is 9.72. The molecule has 34 heavy (non-hydrogen) atoms. The normalized spacial score (nSPS) is 17.2. The number of carbonyl (C=O) groups is 2. The van der Waals surface area contributed by atoms with Gasteiger partial charge in [-0.05, 0) is 52.2 Å². The molecule has 3 heterocycles. The molecule has 2 amide bonds. The summed E-state index contributed by atoms with van der Waals surface area (Å²) in [5.41, 5.74) is 9.39. The van der Waals surface area contributed by atoms with Crippen LogP contribution in [0.25, 0.3) is 22.2 Å². The fourth-order valence-electron chi connectivity index (χ4n) is 4.24. The highest BCUT2D eigenvalue weighted by Crippen LogP contribution is 2.47. The van der Waals surface area contributed by atoms with E-state index >= 15 is 0 Å². The van der Waals surface area contributed by atoms with Crippen LogP contribution in [-0.4, -0.2) is 38.4 Å². The first-order valence-corrected chi connectivity index (χ1v) is 11.3. The van der Waals surface area contributed by atoms with Crippen molar-refractivity contribution >= 4 is 28.9 Å². The molecule has 1 fully saturated rings. The lowest BCUT2D eigenvalue weighted by Crippen LogP contribution is -2.38. The number of nitrogen functional groups attached to an aromatic ring is 1. The van der Waals surface area contributed by atoms with Crippen LogP contribution in [0.1, 0.15) is 52.1 Å². The molecule has 2 aromatic heterocycles. The lowest BCUT2D eigenvalue weighted by molar-refractivity contribution is 0.0533. The van der Waals surface area contributed by atoms with Gasteiger partial charge >= 0.3 is 12.2 Å². The highest BCUT2D eigenvalue weighted by Gasteiger charge is 2.32. The first kappa shape index (κ1) is 22.0. The summed E-state index contributed by atoms with van der Waals surface area (Å²) in [6.07, 6.45) is 4.27. The minimum Gasteiger partial charge on any atom is -0.488 e. The van der Waals surface area contributed by atoms with Gasteiger partial charge in [0.2, 0.25) is 5.88 Å². The number of fused-ring (bicyclic) bond motifs is 2. The Labute approximate surface area is 196 Å². The van der Waals surface area contributed by atoms with Gasteiger partial charge in [0.15, 0.2) is 0 Å². The van der Waals surface area contributed by atoms with Crippen LogP contribution in [0.2, 0.25) is 0 Å². The third-order valence-electron chi connectivity index (χ3n) is 5.70. The number of aromatic nitrogens is 3. The van der Waals surface area contributed by atoms with Crippen molar-refractivity contribution < 1.29 is 23.8 Å². The number of ether oxygens (including phenoxy) is 3. The molecule has 0 bridgehead atoms. The molecule has 0 radical (unpaired) electrons. The first-order valence-electron chi connectivity index (χ1n) is 11.3. The van der Waals surface area contributed by atoms with E-state index in [9.17, 15) is 9.59 Å². The van der Waals surface area contributed by atoms with E-state index in [1.807, 2.05) is 25.3 Å². The summed E-state index contributed by atoms with van der Waals surface area (Å²) in [4.78, 5) is 33.2. The maximum Gasteiger partial charge on any atom is 0.423 e. The topological polar surface area (TPSA) is 131 Å². The monoisotopic (exact) mass is 465 g/mol. The number of carbonyl (C=O) groups excluding carboxylic acids is 2. The second kappa shape index (κ2) is 7.89. The van der Waals surface area contributed by atoms with Crippen LogP contribution in [0.4, 0.5) is 15.3 Å². The van der Waals surface area contributed by atoms with Gasteiger partial charge in [-0.15, -0.1) is 0 Å². The number of hydrogen-bond acceptors (Lipinski definition) is 8. The third-order valence-corrected chi connectivity index (χ3v) is 5.70. The van der Waals surface area contributed by atoms with Gasteiger partial charge in [-0.3, -0.25) is 0 Å². The van der Waals surface area contributed by atoms with Crippen LogP contribution in [-0.2, 0) is 11.2 Å². The minimum absolute atomic E-state index is 0.00167. The number of imide groups is 1. The van der Waals surface area contributed by atoms with E-state index in [1.165, 1.54) is 6.33 Å². The number of alkyl carbamates (subject to hydrolysis) is 1. The van der Waals surface area contributed by atoms with Crippen LogP contribution >= 0.6 is 0 Å². The van der Waals surface area contributed by atoms with E-state index in [2.05, 4.69) is 19.9 Å². The van der Waals surface area contributed by atoms with Crippen LogP contribution in [0.5, 0.6) is 11.6 Å². The number of hydrogen-bond donors (Lipinski definition) is 2. The SMILES string of the molecule is CC1Cc2c(-c3cn(C4CC4)c4ncnc(OC(=O)NC(=O)OC(C)(C)C)c34)ccc(N)c2O1. The van der Waals surface area contributed by atoms with Gasteiger partial charge < -0.3 is 24.5 Å². The Kier molecular flexibility index (Phi) is 5.11. The second-order valence-corrected chi connectivity index (χ2v) is 9.72. The summed E-state index contributed by atoms with van der Waals surface area (Å²) in [5, 5.41) is 2.66. The number of nitrogens with zero attached hydrogens (tertiary/aromatic N) is 3. The molecule has 3 aromatic rings. The molecule has 1 saturated carbocycles. The van der Waals surface area contributed by atoms with E-state index in [0.29, 0.717) is 34.9 Å². The van der Waals surface area contributed by atoms with Gasteiger partial charge in [-0.1, -0.05) is 6.07 Å². The van der Waals surface area contributed by atoms with Crippen molar-refractivity contribution in [1.29, 1.82) is 0 Å². The number of benzene rings is 1. The van der Waals surface area contributed by atoms with Gasteiger partial charge in [-0.2, -0.15) is 0 Å². The van der Waals surface area contributed by atoms with E-state index < -0.39 is 17.8 Å². The average molecular weight is 466 g/mol. The van der Waals surface area contributed by atoms with Crippen molar-refractivity contribution in [3.05, 3.63) is 30.2 Å². The predicted molar refractivity (Wildman–Crippen MR) is 125 cm³/mol. The zero-order valence-corrected chi connectivity index (χ0v) is 19.5. The molecular formula is C24H27N5O5. The molecule has 1 aliphatic heterocycles. The zero-order chi connectivity index (χ0) is 24.2.